The number of aromatic hydroxyl groups is 1. The molecule has 0 radical (unpaired) electrons. The smallest absolute Gasteiger partial charge is 0.126 e. The molecule has 0 fully saturated rings. The summed E-state index contributed by atoms with van der Waals surface area (Å²) in [5.41, 5.74) is 3.60. The first-order valence-corrected chi connectivity index (χ1v) is 12.4. The van der Waals surface area contributed by atoms with Crippen molar-refractivity contribution in [3.63, 3.8) is 0 Å². The van der Waals surface area contributed by atoms with Crippen molar-refractivity contribution >= 4 is 13.5 Å². The van der Waals surface area contributed by atoms with Crippen molar-refractivity contribution in [1.29, 1.82) is 0 Å². The first-order chi connectivity index (χ1) is 11.3. The normalized spacial score (nSPS) is 13.3. The van der Waals surface area contributed by atoms with Crippen molar-refractivity contribution in [2.45, 2.75) is 77.9 Å². The molecule has 1 aromatic heterocycles. The summed E-state index contributed by atoms with van der Waals surface area (Å²) in [6.07, 6.45) is 2.80. The van der Waals surface area contributed by atoms with E-state index >= 15 is 0 Å². The Bertz CT molecular complexity index is 714. The molecule has 2 rings (SSSR count). The topological polar surface area (TPSA) is 33.4 Å². The second kappa shape index (κ2) is 6.68. The Kier molecular flexibility index (Phi) is 5.30. The lowest BCUT2D eigenvalue weighted by molar-refractivity contribution is 0.442. The van der Waals surface area contributed by atoms with Gasteiger partial charge < -0.3 is 9.52 Å². The van der Waals surface area contributed by atoms with Crippen LogP contribution in [-0.2, 0) is 17.3 Å². The van der Waals surface area contributed by atoms with Gasteiger partial charge in [0.2, 0.25) is 0 Å². The molecule has 0 bridgehead atoms. The minimum absolute atomic E-state index is 0.0135. The summed E-state index contributed by atoms with van der Waals surface area (Å²) < 4.78 is 5.70. The second-order valence-corrected chi connectivity index (χ2v) is 14.6. The summed E-state index contributed by atoms with van der Waals surface area (Å²) in [6, 6.07) is 9.48. The number of furan rings is 1. The van der Waals surface area contributed by atoms with Crippen LogP contribution in [0.2, 0.25) is 19.1 Å². The molecule has 0 spiro atoms. The summed E-state index contributed by atoms with van der Waals surface area (Å²) in [6.45, 7) is 17.9. The van der Waals surface area contributed by atoms with Gasteiger partial charge in [-0.25, -0.2) is 0 Å². The predicted octanol–water partition coefficient (Wildman–Crippen LogP) is 5.74. The van der Waals surface area contributed by atoms with E-state index < -0.39 is 8.07 Å². The lowest BCUT2D eigenvalue weighted by Crippen LogP contribution is -2.40. The number of aryl methyl sites for hydroxylation is 1. The average molecular weight is 359 g/mol. The maximum absolute atomic E-state index is 10.6. The van der Waals surface area contributed by atoms with E-state index in [-0.39, 0.29) is 10.8 Å². The molecule has 1 aromatic carbocycles. The third-order valence-electron chi connectivity index (χ3n) is 5.05. The largest absolute Gasteiger partial charge is 0.508 e. The molecule has 2 nitrogen and oxygen atoms in total. The van der Waals surface area contributed by atoms with E-state index in [1.54, 1.807) is 6.26 Å². The first kappa shape index (κ1) is 19.8. The predicted molar refractivity (Wildman–Crippen MR) is 110 cm³/mol. The van der Waals surface area contributed by atoms with Crippen LogP contribution in [0.1, 0.15) is 58.2 Å². The van der Waals surface area contributed by atoms with Gasteiger partial charge in [0.15, 0.2) is 0 Å². The summed E-state index contributed by atoms with van der Waals surface area (Å²) in [4.78, 5) is 0. The molecule has 0 saturated heterocycles. The molecule has 138 valence electrons. The zero-order valence-electron chi connectivity index (χ0n) is 17.2. The SMILES string of the molecule is CC(C)(C)c1cc(CC[Si](C)(C)c2ccco2)c(C(C)(C)C)cc1O. The number of phenolic OH excluding ortho intramolecular Hbond substituents is 1. The molecule has 0 atom stereocenters. The fourth-order valence-electron chi connectivity index (χ4n) is 3.37. The quantitative estimate of drug-likeness (QED) is 0.707. The highest BCUT2D eigenvalue weighted by Gasteiger charge is 2.29. The van der Waals surface area contributed by atoms with Crippen LogP contribution < -0.4 is 5.38 Å². The Hall–Kier alpha value is -1.48. The van der Waals surface area contributed by atoms with Crippen molar-refractivity contribution in [2.24, 2.45) is 0 Å². The molecule has 0 amide bonds. The standard InChI is InChI=1S/C22H34O2Si/c1-21(2,3)17-15-19(23)18(22(4,5)6)14-16(17)11-13-25(7,8)20-10-9-12-24-20/h9-10,12,14-15,23H,11,13H2,1-8H3. The van der Waals surface area contributed by atoms with Crippen molar-refractivity contribution < 1.29 is 9.52 Å². The summed E-state index contributed by atoms with van der Waals surface area (Å²) in [5.74, 6) is 0.420. The fourth-order valence-corrected chi connectivity index (χ4v) is 5.45. The summed E-state index contributed by atoms with van der Waals surface area (Å²) in [5, 5.41) is 11.8. The maximum Gasteiger partial charge on any atom is 0.126 e. The second-order valence-electron chi connectivity index (χ2n) is 9.89. The monoisotopic (exact) mass is 358 g/mol. The number of phenols is 1. The van der Waals surface area contributed by atoms with Gasteiger partial charge in [-0.05, 0) is 58.2 Å². The fraction of sp³-hybridized carbons (Fsp3) is 0.545. The van der Waals surface area contributed by atoms with Crippen LogP contribution in [0.25, 0.3) is 0 Å². The Morgan fingerprint density at radius 1 is 0.960 bits per heavy atom. The molecule has 25 heavy (non-hydrogen) atoms. The molecule has 1 heterocycles. The highest BCUT2D eigenvalue weighted by atomic mass is 28.3. The zero-order chi connectivity index (χ0) is 19.0. The number of rotatable bonds is 4. The molecule has 0 aliphatic rings. The Morgan fingerprint density at radius 3 is 2.04 bits per heavy atom. The van der Waals surface area contributed by atoms with Gasteiger partial charge in [0.1, 0.15) is 13.8 Å². The molecular formula is C22H34O2Si. The van der Waals surface area contributed by atoms with Crippen LogP contribution >= 0.6 is 0 Å². The lowest BCUT2D eigenvalue weighted by atomic mass is 9.78. The highest BCUT2D eigenvalue weighted by molar-refractivity contribution is 6.88. The van der Waals surface area contributed by atoms with Gasteiger partial charge in [-0.3, -0.25) is 0 Å². The molecule has 0 saturated carbocycles. The van der Waals surface area contributed by atoms with Gasteiger partial charge in [-0.15, -0.1) is 0 Å². The zero-order valence-corrected chi connectivity index (χ0v) is 18.2. The van der Waals surface area contributed by atoms with E-state index in [1.807, 2.05) is 12.1 Å². The molecular weight excluding hydrogens is 324 g/mol. The van der Waals surface area contributed by atoms with Crippen molar-refractivity contribution in [3.05, 3.63) is 47.2 Å². The lowest BCUT2D eigenvalue weighted by Gasteiger charge is -2.29. The maximum atomic E-state index is 10.6. The van der Waals surface area contributed by atoms with E-state index in [2.05, 4.69) is 66.8 Å². The minimum Gasteiger partial charge on any atom is -0.508 e. The third-order valence-corrected chi connectivity index (χ3v) is 8.16. The van der Waals surface area contributed by atoms with Crippen LogP contribution in [0.15, 0.2) is 34.9 Å². The van der Waals surface area contributed by atoms with Gasteiger partial charge in [-0.2, -0.15) is 0 Å². The summed E-state index contributed by atoms with van der Waals surface area (Å²) >= 11 is 0. The van der Waals surface area contributed by atoms with Gasteiger partial charge in [-0.1, -0.05) is 60.7 Å². The van der Waals surface area contributed by atoms with Crippen LogP contribution in [0.5, 0.6) is 5.75 Å². The van der Waals surface area contributed by atoms with E-state index in [9.17, 15) is 5.11 Å². The molecule has 3 heteroatoms. The minimum atomic E-state index is -1.60. The van der Waals surface area contributed by atoms with Gasteiger partial charge in [0.25, 0.3) is 0 Å². The summed E-state index contributed by atoms with van der Waals surface area (Å²) in [7, 11) is -1.60. The number of hydrogen-bond donors (Lipinski definition) is 1. The van der Waals surface area contributed by atoms with E-state index in [1.165, 1.54) is 16.5 Å². The first-order valence-electron chi connectivity index (χ1n) is 9.23. The van der Waals surface area contributed by atoms with Crippen molar-refractivity contribution in [1.82, 2.24) is 0 Å². The van der Waals surface area contributed by atoms with E-state index in [0.29, 0.717) is 5.75 Å². The van der Waals surface area contributed by atoms with Crippen LogP contribution in [0.3, 0.4) is 0 Å². The number of benzene rings is 1. The van der Waals surface area contributed by atoms with Gasteiger partial charge in [0, 0.05) is 0 Å². The van der Waals surface area contributed by atoms with Crippen molar-refractivity contribution in [2.75, 3.05) is 0 Å². The Balaban J connectivity index is 2.41. The van der Waals surface area contributed by atoms with E-state index in [4.69, 9.17) is 4.42 Å². The van der Waals surface area contributed by atoms with Crippen molar-refractivity contribution in [3.8, 4) is 5.75 Å². The molecule has 0 unspecified atom stereocenters. The molecule has 2 aromatic rings. The van der Waals surface area contributed by atoms with Gasteiger partial charge in [0.05, 0.1) is 11.6 Å². The number of hydrogen-bond acceptors (Lipinski definition) is 2. The van der Waals surface area contributed by atoms with Gasteiger partial charge >= 0.3 is 0 Å². The Labute approximate surface area is 154 Å². The van der Waals surface area contributed by atoms with E-state index in [0.717, 1.165) is 18.0 Å². The molecule has 0 aliphatic heterocycles. The van der Waals surface area contributed by atoms with Crippen LogP contribution in [0.4, 0.5) is 0 Å². The van der Waals surface area contributed by atoms with Crippen LogP contribution in [0, 0.1) is 0 Å². The Morgan fingerprint density at radius 2 is 1.56 bits per heavy atom. The highest BCUT2D eigenvalue weighted by Crippen LogP contribution is 2.38. The average Bonchev–Trinajstić information content (AvgIpc) is 2.98. The third kappa shape index (κ3) is 4.57. The molecule has 0 aliphatic carbocycles. The van der Waals surface area contributed by atoms with Crippen LogP contribution in [-0.4, -0.2) is 13.2 Å². The molecule has 1 N–H and O–H groups in total.